The van der Waals surface area contributed by atoms with E-state index in [1.165, 1.54) is 82.4 Å². The maximum Gasteiger partial charge on any atom is -0.0240 e. The summed E-state index contributed by atoms with van der Waals surface area (Å²) in [6.45, 7) is 0. The molecule has 0 bridgehead atoms. The van der Waals surface area contributed by atoms with E-state index in [-0.39, 0.29) is 24.8 Å². The molecule has 0 heterocycles. The molecule has 0 fully saturated rings. The van der Waals surface area contributed by atoms with Crippen LogP contribution in [0.3, 0.4) is 0 Å². The molecule has 0 amide bonds. The number of hydrogen-bond acceptors (Lipinski definition) is 0. The molecule has 0 N–H and O–H groups in total. The van der Waals surface area contributed by atoms with E-state index in [1.807, 2.05) is 48.5 Å². The van der Waals surface area contributed by atoms with Crippen LogP contribution in [0.15, 0.2) is 133 Å². The van der Waals surface area contributed by atoms with Gasteiger partial charge in [0.15, 0.2) is 0 Å². The number of hydrogen-bond donors (Lipinski definition) is 0. The van der Waals surface area contributed by atoms with Crippen LogP contribution < -0.4 is 24.8 Å². The smallest absolute Gasteiger partial charge is 0.0240 e. The van der Waals surface area contributed by atoms with Gasteiger partial charge in [-0.1, -0.05) is 53.9 Å². The van der Waals surface area contributed by atoms with Crippen LogP contribution in [0.5, 0.6) is 0 Å². The Kier molecular flexibility index (Phi) is 15.8. The summed E-state index contributed by atoms with van der Waals surface area (Å²) in [5.74, 6) is 1.93. The van der Waals surface area contributed by atoms with Gasteiger partial charge in [-0.3, -0.25) is 0 Å². The molecule has 0 radical (unpaired) electrons. The molecule has 0 nitrogen and oxygen atoms in total. The van der Waals surface area contributed by atoms with Crippen molar-refractivity contribution < 1.29 is 49.0 Å². The Morgan fingerprint density at radius 3 is 1.62 bits per heavy atom. The summed E-state index contributed by atoms with van der Waals surface area (Å²) in [5, 5.41) is 5.30. The molecule has 252 valence electrons. The summed E-state index contributed by atoms with van der Waals surface area (Å²) in [7, 11) is 0. The summed E-state index contributed by atoms with van der Waals surface area (Å²) in [4.78, 5) is 0. The van der Waals surface area contributed by atoms with E-state index >= 15 is 0 Å². The molecular formula is C43H32Cl6Zr-2. The Bertz CT molecular complexity index is 2070. The minimum Gasteiger partial charge on any atom is -1.00 e. The molecule has 1 aliphatic carbocycles. The van der Waals surface area contributed by atoms with Crippen molar-refractivity contribution in [2.75, 3.05) is 0 Å². The average molecular weight is 853 g/mol. The Morgan fingerprint density at radius 2 is 1.10 bits per heavy atom. The maximum atomic E-state index is 5.99. The zero-order chi connectivity index (χ0) is 33.5. The van der Waals surface area contributed by atoms with Gasteiger partial charge in [-0.2, -0.15) is 18.2 Å². The second-order valence-electron chi connectivity index (χ2n) is 11.6. The Balaban J connectivity index is 0.000000190. The van der Waals surface area contributed by atoms with Crippen molar-refractivity contribution in [3.8, 4) is 11.1 Å². The minimum absolute atomic E-state index is 0. The van der Waals surface area contributed by atoms with Crippen LogP contribution in [0.1, 0.15) is 44.5 Å². The number of alkyl halides is 4. The molecule has 0 saturated heterocycles. The van der Waals surface area contributed by atoms with Crippen LogP contribution in [-0.4, -0.2) is 3.21 Å². The third-order valence-corrected chi connectivity index (χ3v) is 11.1. The topological polar surface area (TPSA) is 0 Å². The van der Waals surface area contributed by atoms with Crippen LogP contribution in [0.2, 0.25) is 0 Å². The molecule has 0 atom stereocenters. The number of benzene rings is 6. The zero-order valence-electron chi connectivity index (χ0n) is 27.0. The molecular weight excluding hydrogens is 820 g/mol. The third-order valence-electron chi connectivity index (χ3n) is 8.46. The van der Waals surface area contributed by atoms with Gasteiger partial charge in [-0.05, 0) is 28.5 Å². The molecule has 7 heteroatoms. The normalized spacial score (nSPS) is 10.8. The van der Waals surface area contributed by atoms with E-state index in [1.54, 1.807) is 0 Å². The number of halogens is 6. The van der Waals surface area contributed by atoms with Crippen LogP contribution in [0, 0.1) is 6.07 Å². The first-order valence-corrected chi connectivity index (χ1v) is 19.1. The van der Waals surface area contributed by atoms with Crippen LogP contribution in [0.4, 0.5) is 0 Å². The summed E-state index contributed by atoms with van der Waals surface area (Å²) >= 11 is 25.3. The molecule has 0 spiro atoms. The van der Waals surface area contributed by atoms with E-state index in [9.17, 15) is 0 Å². The second-order valence-corrected chi connectivity index (χ2v) is 13.9. The first-order valence-electron chi connectivity index (χ1n) is 15.7. The molecule has 50 heavy (non-hydrogen) atoms. The van der Waals surface area contributed by atoms with Gasteiger partial charge in [-0.25, -0.2) is 12.1 Å². The molecule has 8 rings (SSSR count). The van der Waals surface area contributed by atoms with Crippen LogP contribution >= 0.6 is 46.4 Å². The van der Waals surface area contributed by atoms with Crippen molar-refractivity contribution in [2.24, 2.45) is 0 Å². The van der Waals surface area contributed by atoms with Gasteiger partial charge >= 0.3 is 167 Å². The Hall–Kier alpha value is -2.32. The van der Waals surface area contributed by atoms with E-state index in [0.717, 1.165) is 28.7 Å². The summed E-state index contributed by atoms with van der Waals surface area (Å²) < 4.78 is 1.25. The Morgan fingerprint density at radius 1 is 0.600 bits per heavy atom. The summed E-state index contributed by atoms with van der Waals surface area (Å²) in [6, 6.07) is 49.9. The van der Waals surface area contributed by atoms with Crippen molar-refractivity contribution in [1.29, 1.82) is 0 Å². The zero-order valence-corrected chi connectivity index (χ0v) is 34.0. The predicted octanol–water partition coefficient (Wildman–Crippen LogP) is 6.54. The van der Waals surface area contributed by atoms with Gasteiger partial charge in [0.2, 0.25) is 0 Å². The van der Waals surface area contributed by atoms with Gasteiger partial charge in [0.1, 0.15) is 0 Å². The maximum absolute atomic E-state index is 5.99. The summed E-state index contributed by atoms with van der Waals surface area (Å²) in [5.41, 5.74) is 12.3. The van der Waals surface area contributed by atoms with E-state index in [4.69, 9.17) is 46.4 Å². The van der Waals surface area contributed by atoms with Crippen molar-refractivity contribution in [3.63, 3.8) is 0 Å². The molecule has 7 aromatic carbocycles. The van der Waals surface area contributed by atoms with Gasteiger partial charge in [-0.15, -0.1) is 40.6 Å². The number of fused-ring (bicyclic) bond motifs is 8. The van der Waals surface area contributed by atoms with Gasteiger partial charge in [0.05, 0.1) is 0 Å². The molecule has 1 aliphatic rings. The summed E-state index contributed by atoms with van der Waals surface area (Å²) in [6.07, 6.45) is 1.02. The fraction of sp³-hybridized carbons (Fsp3) is 0.116. The second kappa shape index (κ2) is 19.5. The first-order chi connectivity index (χ1) is 23.5. The Labute approximate surface area is 342 Å². The fourth-order valence-electron chi connectivity index (χ4n) is 6.34. The van der Waals surface area contributed by atoms with Gasteiger partial charge in [0, 0.05) is 0 Å². The fourth-order valence-corrected chi connectivity index (χ4v) is 7.66. The first kappa shape index (κ1) is 40.5. The van der Waals surface area contributed by atoms with E-state index in [2.05, 4.69) is 91.0 Å². The quantitative estimate of drug-likeness (QED) is 0.102. The largest absolute Gasteiger partial charge is 1.00 e. The monoisotopic (exact) mass is 848 g/mol. The standard InChI is InChI=1S/C21H13.C17H14Cl4.C5H5.2ClH.Zr/c1-2-8-15-14(7-1)13-20-18-11-4-3-9-16(18)17-10-5-6-12-19(17)21(15)20;18-8-14-2-12(3-15(6-14)9-19)1-13-4-16(10-20)7-17(5-13)11-21;1-2-4-5-3-1;;;/h1-10,12H,13H2;2-7H,8-11H2;1-5H;2*1H;/q-1;;-1;;;+2/p-2. The predicted molar refractivity (Wildman–Crippen MR) is 205 cm³/mol. The van der Waals surface area contributed by atoms with Crippen molar-refractivity contribution in [3.05, 3.63) is 184 Å². The van der Waals surface area contributed by atoms with Crippen molar-refractivity contribution in [2.45, 2.75) is 29.9 Å². The molecule has 0 unspecified atom stereocenters. The van der Waals surface area contributed by atoms with Crippen molar-refractivity contribution in [1.82, 2.24) is 0 Å². The van der Waals surface area contributed by atoms with Gasteiger partial charge < -0.3 is 24.8 Å². The molecule has 7 aromatic rings. The van der Waals surface area contributed by atoms with Crippen LogP contribution in [0.25, 0.3) is 32.7 Å². The van der Waals surface area contributed by atoms with E-state index < -0.39 is 0 Å². The van der Waals surface area contributed by atoms with Crippen LogP contribution in [-0.2, 0) is 54.2 Å². The number of rotatable bonds is 6. The van der Waals surface area contributed by atoms with E-state index in [0.29, 0.717) is 23.5 Å². The van der Waals surface area contributed by atoms with Crippen molar-refractivity contribution >= 4 is 71.2 Å². The van der Waals surface area contributed by atoms with Gasteiger partial charge in [0.25, 0.3) is 0 Å². The minimum atomic E-state index is 0. The molecule has 0 aromatic heterocycles. The average Bonchev–Trinajstić information content (AvgIpc) is 3.87. The molecule has 0 aliphatic heterocycles. The SMILES string of the molecule is ClCc1cc(CCl)cc([C](=[Zr+2])c2cc(CCl)cc(CCl)c2)c1.[Cl-].[Cl-].[c-]1cccc2c1c1c(c3ccccc32)-c2ccccc2C1.c1cc[cH-]c1. The third kappa shape index (κ3) is 9.18. The molecule has 0 saturated carbocycles.